The standard InChI is InChI=1S/C22H28N4O2/c1-24-15-19(18-6-3-2-4-7-18)14-22(17-24)8-12-25(13-9-22)20(27)16-26-11-5-10-23-21(26)28/h2-7,10-11,19H,8-9,12-17H2,1H3/t19-/m1/s1. The Morgan fingerprint density at radius 2 is 1.93 bits per heavy atom. The maximum atomic E-state index is 12.7. The predicted molar refractivity (Wildman–Crippen MR) is 108 cm³/mol. The molecule has 2 aliphatic heterocycles. The molecule has 6 heteroatoms. The zero-order chi connectivity index (χ0) is 19.6. The van der Waals surface area contributed by atoms with E-state index in [4.69, 9.17) is 0 Å². The average Bonchev–Trinajstić information content (AvgIpc) is 2.70. The summed E-state index contributed by atoms with van der Waals surface area (Å²) in [6.07, 6.45) is 6.31. The largest absolute Gasteiger partial charge is 0.347 e. The van der Waals surface area contributed by atoms with E-state index >= 15 is 0 Å². The maximum absolute atomic E-state index is 12.7. The summed E-state index contributed by atoms with van der Waals surface area (Å²) in [5, 5.41) is 0. The molecule has 6 nitrogen and oxygen atoms in total. The van der Waals surface area contributed by atoms with Crippen LogP contribution in [0, 0.1) is 5.41 Å². The SMILES string of the molecule is CN1C[C@H](c2ccccc2)CC2(CCN(C(=O)Cn3cccnc3=O)CC2)C1. The van der Waals surface area contributed by atoms with Crippen molar-refractivity contribution in [2.24, 2.45) is 5.41 Å². The number of benzene rings is 1. The number of piperidine rings is 2. The Balaban J connectivity index is 1.40. The van der Waals surface area contributed by atoms with E-state index in [9.17, 15) is 9.59 Å². The number of carbonyl (C=O) groups is 1. The van der Waals surface area contributed by atoms with Gasteiger partial charge in [-0.1, -0.05) is 30.3 Å². The lowest BCUT2D eigenvalue weighted by atomic mass is 9.68. The van der Waals surface area contributed by atoms with E-state index in [0.29, 0.717) is 5.92 Å². The molecular formula is C22H28N4O2. The summed E-state index contributed by atoms with van der Waals surface area (Å²) in [5.41, 5.74) is 1.32. The van der Waals surface area contributed by atoms with Gasteiger partial charge in [-0.2, -0.15) is 0 Å². The van der Waals surface area contributed by atoms with Crippen molar-refractivity contribution in [1.82, 2.24) is 19.4 Å². The number of nitrogens with zero attached hydrogens (tertiary/aromatic N) is 4. The fourth-order valence-corrected chi connectivity index (χ4v) is 4.96. The minimum atomic E-state index is -0.371. The van der Waals surface area contributed by atoms with Gasteiger partial charge in [-0.25, -0.2) is 9.78 Å². The normalized spacial score (nSPS) is 22.3. The van der Waals surface area contributed by atoms with Gasteiger partial charge in [0.1, 0.15) is 6.54 Å². The van der Waals surface area contributed by atoms with Gasteiger partial charge in [0.2, 0.25) is 5.91 Å². The third-order valence-corrected chi connectivity index (χ3v) is 6.35. The summed E-state index contributed by atoms with van der Waals surface area (Å²) in [7, 11) is 2.21. The Labute approximate surface area is 165 Å². The van der Waals surface area contributed by atoms with Crippen molar-refractivity contribution in [2.45, 2.75) is 31.7 Å². The van der Waals surface area contributed by atoms with Crippen molar-refractivity contribution < 1.29 is 4.79 Å². The first kappa shape index (κ1) is 18.9. The van der Waals surface area contributed by atoms with Crippen molar-refractivity contribution in [3.8, 4) is 0 Å². The van der Waals surface area contributed by atoms with Gasteiger partial charge >= 0.3 is 5.69 Å². The summed E-state index contributed by atoms with van der Waals surface area (Å²) < 4.78 is 1.38. The Kier molecular flexibility index (Phi) is 5.31. The molecule has 1 atom stereocenters. The van der Waals surface area contributed by atoms with Crippen LogP contribution in [-0.2, 0) is 11.3 Å². The van der Waals surface area contributed by atoms with Gasteiger partial charge in [-0.3, -0.25) is 9.36 Å². The quantitative estimate of drug-likeness (QED) is 0.817. The van der Waals surface area contributed by atoms with Crippen LogP contribution in [0.5, 0.6) is 0 Å². The third-order valence-electron chi connectivity index (χ3n) is 6.35. The maximum Gasteiger partial charge on any atom is 0.347 e. The summed E-state index contributed by atoms with van der Waals surface area (Å²) in [4.78, 5) is 32.5. The minimum absolute atomic E-state index is 0.00808. The van der Waals surface area contributed by atoms with Crippen LogP contribution in [-0.4, -0.2) is 58.5 Å². The van der Waals surface area contributed by atoms with Crippen molar-refractivity contribution >= 4 is 5.91 Å². The highest BCUT2D eigenvalue weighted by molar-refractivity contribution is 5.76. The highest BCUT2D eigenvalue weighted by Crippen LogP contribution is 2.44. The number of hydrogen-bond acceptors (Lipinski definition) is 4. The molecule has 0 unspecified atom stereocenters. The molecule has 1 aromatic heterocycles. The van der Waals surface area contributed by atoms with E-state index in [0.717, 1.165) is 39.0 Å². The number of likely N-dealkylation sites (N-methyl/N-ethyl adjacent to an activating group) is 1. The smallest absolute Gasteiger partial charge is 0.341 e. The predicted octanol–water partition coefficient (Wildman–Crippen LogP) is 1.97. The van der Waals surface area contributed by atoms with Crippen molar-refractivity contribution in [2.75, 3.05) is 33.2 Å². The van der Waals surface area contributed by atoms with E-state index in [-0.39, 0.29) is 23.6 Å². The van der Waals surface area contributed by atoms with Gasteiger partial charge in [0.25, 0.3) is 0 Å². The summed E-state index contributed by atoms with van der Waals surface area (Å²) in [6.45, 7) is 3.80. The van der Waals surface area contributed by atoms with E-state index in [2.05, 4.69) is 47.3 Å². The first-order valence-corrected chi connectivity index (χ1v) is 10.1. The lowest BCUT2D eigenvalue weighted by molar-refractivity contribution is -0.135. The molecule has 1 amide bonds. The van der Waals surface area contributed by atoms with Gasteiger partial charge in [-0.05, 0) is 49.3 Å². The van der Waals surface area contributed by atoms with Gasteiger partial charge in [0.05, 0.1) is 0 Å². The highest BCUT2D eigenvalue weighted by Gasteiger charge is 2.42. The average molecular weight is 380 g/mol. The number of amides is 1. The minimum Gasteiger partial charge on any atom is -0.341 e. The van der Waals surface area contributed by atoms with Crippen molar-refractivity contribution in [1.29, 1.82) is 0 Å². The van der Waals surface area contributed by atoms with E-state index in [1.54, 1.807) is 12.3 Å². The van der Waals surface area contributed by atoms with E-state index < -0.39 is 0 Å². The van der Waals surface area contributed by atoms with Gasteiger partial charge < -0.3 is 9.80 Å². The summed E-state index contributed by atoms with van der Waals surface area (Å²) >= 11 is 0. The van der Waals surface area contributed by atoms with Crippen LogP contribution in [0.4, 0.5) is 0 Å². The second-order valence-corrected chi connectivity index (χ2v) is 8.42. The number of hydrogen-bond donors (Lipinski definition) is 0. The molecule has 0 bridgehead atoms. The third kappa shape index (κ3) is 4.02. The molecule has 1 spiro atoms. The first-order valence-electron chi connectivity index (χ1n) is 10.1. The molecule has 3 heterocycles. The van der Waals surface area contributed by atoms with Gasteiger partial charge in [0, 0.05) is 38.6 Å². The Hall–Kier alpha value is -2.47. The highest BCUT2D eigenvalue weighted by atomic mass is 16.2. The summed E-state index contributed by atoms with van der Waals surface area (Å²) in [6, 6.07) is 12.5. The first-order chi connectivity index (χ1) is 13.5. The van der Waals surface area contributed by atoms with Crippen LogP contribution >= 0.6 is 0 Å². The molecule has 0 radical (unpaired) electrons. The Morgan fingerprint density at radius 3 is 2.64 bits per heavy atom. The molecule has 148 valence electrons. The van der Waals surface area contributed by atoms with Crippen molar-refractivity contribution in [3.63, 3.8) is 0 Å². The fourth-order valence-electron chi connectivity index (χ4n) is 4.96. The van der Waals surface area contributed by atoms with E-state index in [1.165, 1.54) is 22.7 Å². The molecule has 2 fully saturated rings. The van der Waals surface area contributed by atoms with Crippen molar-refractivity contribution in [3.05, 3.63) is 64.8 Å². The van der Waals surface area contributed by atoms with Crippen LogP contribution in [0.2, 0.25) is 0 Å². The molecule has 0 aliphatic carbocycles. The lowest BCUT2D eigenvalue weighted by Gasteiger charge is -2.49. The summed E-state index contributed by atoms with van der Waals surface area (Å²) in [5.74, 6) is 0.560. The second-order valence-electron chi connectivity index (χ2n) is 8.42. The molecule has 2 aromatic rings. The van der Waals surface area contributed by atoms with Gasteiger partial charge in [0.15, 0.2) is 0 Å². The molecule has 4 rings (SSSR count). The Bertz CT molecular complexity index is 871. The monoisotopic (exact) mass is 380 g/mol. The lowest BCUT2D eigenvalue weighted by Crippen LogP contribution is -2.52. The Morgan fingerprint density at radius 1 is 1.18 bits per heavy atom. The van der Waals surface area contributed by atoms with Crippen LogP contribution in [0.1, 0.15) is 30.7 Å². The van der Waals surface area contributed by atoms with Crippen LogP contribution in [0.3, 0.4) is 0 Å². The second kappa shape index (κ2) is 7.87. The zero-order valence-corrected chi connectivity index (χ0v) is 16.5. The van der Waals surface area contributed by atoms with E-state index in [1.807, 2.05) is 4.90 Å². The number of rotatable bonds is 3. The number of aromatic nitrogens is 2. The van der Waals surface area contributed by atoms with Crippen LogP contribution < -0.4 is 5.69 Å². The molecule has 1 aromatic carbocycles. The number of likely N-dealkylation sites (tertiary alicyclic amines) is 2. The molecule has 2 saturated heterocycles. The zero-order valence-electron chi connectivity index (χ0n) is 16.5. The van der Waals surface area contributed by atoms with Crippen LogP contribution in [0.25, 0.3) is 0 Å². The molecule has 28 heavy (non-hydrogen) atoms. The van der Waals surface area contributed by atoms with Gasteiger partial charge in [-0.15, -0.1) is 0 Å². The topological polar surface area (TPSA) is 58.4 Å². The molecular weight excluding hydrogens is 352 g/mol. The molecule has 0 N–H and O–H groups in total. The fraction of sp³-hybridized carbons (Fsp3) is 0.500. The number of carbonyl (C=O) groups excluding carboxylic acids is 1. The molecule has 0 saturated carbocycles. The molecule has 2 aliphatic rings. The van der Waals surface area contributed by atoms with Crippen LogP contribution in [0.15, 0.2) is 53.6 Å².